The van der Waals surface area contributed by atoms with Gasteiger partial charge in [0.2, 0.25) is 0 Å². The van der Waals surface area contributed by atoms with E-state index < -0.39 is 0 Å². The summed E-state index contributed by atoms with van der Waals surface area (Å²) in [5.41, 5.74) is 16.7. The van der Waals surface area contributed by atoms with Crippen LogP contribution in [0.4, 0.5) is 0 Å². The summed E-state index contributed by atoms with van der Waals surface area (Å²) >= 11 is 0. The third-order valence-corrected chi connectivity index (χ3v) is 12.3. The van der Waals surface area contributed by atoms with Crippen LogP contribution in [0.15, 0.2) is 125 Å². The van der Waals surface area contributed by atoms with Gasteiger partial charge in [0.15, 0.2) is 0 Å². The quantitative estimate of drug-likeness (QED) is 0.196. The molecule has 9 unspecified atom stereocenters. The van der Waals surface area contributed by atoms with Gasteiger partial charge in [-0.05, 0) is 123 Å². The summed E-state index contributed by atoms with van der Waals surface area (Å²) < 4.78 is 0. The van der Waals surface area contributed by atoms with Crippen LogP contribution in [-0.4, -0.2) is 18.9 Å². The Morgan fingerprint density at radius 1 is 0.792 bits per heavy atom. The molecule has 9 atom stereocenters. The Balaban J connectivity index is 1.03. The van der Waals surface area contributed by atoms with Crippen molar-refractivity contribution < 1.29 is 0 Å². The van der Waals surface area contributed by atoms with Gasteiger partial charge in [0.25, 0.3) is 0 Å². The summed E-state index contributed by atoms with van der Waals surface area (Å²) in [5, 5.41) is 15.5. The molecule has 1 aliphatic heterocycles. The van der Waals surface area contributed by atoms with Crippen LogP contribution in [-0.2, 0) is 0 Å². The molecule has 8 rings (SSSR count). The van der Waals surface area contributed by atoms with E-state index in [1.54, 1.807) is 11.1 Å². The number of nitrogens with two attached hydrogens (primary N) is 1. The third kappa shape index (κ3) is 6.37. The average molecular weight is 642 g/mol. The number of allylic oxidation sites excluding steroid dienone is 12. The topological polar surface area (TPSA) is 74.1 Å². The summed E-state index contributed by atoms with van der Waals surface area (Å²) in [6.45, 7) is 3.14. The minimum atomic E-state index is 0.0940. The maximum absolute atomic E-state index is 7.02. The Hall–Kier alpha value is -3.38. The number of hydrogen-bond donors (Lipinski definition) is 5. The van der Waals surface area contributed by atoms with Crippen molar-refractivity contribution in [1.29, 1.82) is 0 Å². The molecule has 6 N–H and O–H groups in total. The standard InChI is InChI=1S/C43H55N5/c1-2-45-40-37-22-10-9-21-35(37)36-24-23-33(27-38(36)39(40)44)31-18-11-17-30(25-31)32-19-12-20-34(26-32)43-47-41(28-13-5-3-6-14-28)46-42(48-43)29-15-7-4-8-16-29/h3-9,13-15,20-21,25-27,29,31,33,35-37,41-43,45-48H,2,10-12,16-19,22-24,44H2,1H3. The van der Waals surface area contributed by atoms with Crippen LogP contribution in [0.2, 0.25) is 0 Å². The van der Waals surface area contributed by atoms with Gasteiger partial charge < -0.3 is 11.1 Å². The zero-order chi connectivity index (χ0) is 32.5. The molecule has 0 radical (unpaired) electrons. The minimum absolute atomic E-state index is 0.0940. The molecule has 252 valence electrons. The first-order valence-corrected chi connectivity index (χ1v) is 19.1. The number of fused-ring (bicyclic) bond motifs is 3. The molecule has 6 aliphatic carbocycles. The lowest BCUT2D eigenvalue weighted by atomic mass is 9.61. The van der Waals surface area contributed by atoms with Gasteiger partial charge in [0, 0.05) is 24.1 Å². The lowest BCUT2D eigenvalue weighted by Crippen LogP contribution is -2.65. The molecule has 1 fully saturated rings. The van der Waals surface area contributed by atoms with Crippen molar-refractivity contribution in [2.45, 2.75) is 89.6 Å². The molecule has 48 heavy (non-hydrogen) atoms. The van der Waals surface area contributed by atoms with E-state index in [1.807, 2.05) is 0 Å². The number of rotatable bonds is 7. The SMILES string of the molecule is CCNC1=C(N)C2=CC(C3C=C(C4=CC(C5NC(c6ccccc6)NC(C6C=CC=CC6)N5)=CCC4)CCC3)CCC2C2C=CCCC12. The van der Waals surface area contributed by atoms with E-state index >= 15 is 0 Å². The first kappa shape index (κ1) is 31.9. The number of nitrogens with one attached hydrogen (secondary N) is 4. The minimum Gasteiger partial charge on any atom is -0.397 e. The van der Waals surface area contributed by atoms with Gasteiger partial charge >= 0.3 is 0 Å². The van der Waals surface area contributed by atoms with Gasteiger partial charge in [-0.3, -0.25) is 16.0 Å². The van der Waals surface area contributed by atoms with E-state index in [-0.39, 0.29) is 18.5 Å². The van der Waals surface area contributed by atoms with Crippen LogP contribution in [0.5, 0.6) is 0 Å². The summed E-state index contributed by atoms with van der Waals surface area (Å²) in [7, 11) is 0. The third-order valence-electron chi connectivity index (χ3n) is 12.3. The molecule has 0 amide bonds. The Kier molecular flexibility index (Phi) is 9.45. The fourth-order valence-corrected chi connectivity index (χ4v) is 9.91. The monoisotopic (exact) mass is 641 g/mol. The fraction of sp³-hybridized carbons (Fsp3) is 0.488. The normalized spacial score (nSPS) is 36.3. The molecule has 0 spiro atoms. The summed E-state index contributed by atoms with van der Waals surface area (Å²) in [6, 6.07) is 10.9. The van der Waals surface area contributed by atoms with Crippen LogP contribution < -0.4 is 27.0 Å². The predicted octanol–water partition coefficient (Wildman–Crippen LogP) is 7.95. The Labute approximate surface area is 288 Å². The van der Waals surface area contributed by atoms with Crippen molar-refractivity contribution in [2.75, 3.05) is 6.54 Å². The number of benzene rings is 1. The van der Waals surface area contributed by atoms with Crippen molar-refractivity contribution in [1.82, 2.24) is 21.3 Å². The van der Waals surface area contributed by atoms with Crippen LogP contribution >= 0.6 is 0 Å². The summed E-state index contributed by atoms with van der Waals surface area (Å²) in [5.74, 6) is 3.35. The molecule has 1 aromatic rings. The first-order chi connectivity index (χ1) is 23.7. The lowest BCUT2D eigenvalue weighted by molar-refractivity contribution is 0.187. The largest absolute Gasteiger partial charge is 0.397 e. The molecule has 1 saturated heterocycles. The Morgan fingerprint density at radius 2 is 1.67 bits per heavy atom. The first-order valence-electron chi connectivity index (χ1n) is 19.1. The maximum atomic E-state index is 7.02. The molecule has 1 aromatic carbocycles. The molecule has 0 bridgehead atoms. The molecular formula is C43H55N5. The molecular weight excluding hydrogens is 587 g/mol. The molecule has 0 aromatic heterocycles. The van der Waals surface area contributed by atoms with E-state index in [2.05, 4.69) is 119 Å². The van der Waals surface area contributed by atoms with Crippen LogP contribution in [0.3, 0.4) is 0 Å². The van der Waals surface area contributed by atoms with Crippen molar-refractivity contribution >= 4 is 0 Å². The second kappa shape index (κ2) is 14.2. The van der Waals surface area contributed by atoms with Crippen molar-refractivity contribution in [3.63, 3.8) is 0 Å². The molecule has 7 aliphatic rings. The molecule has 5 heteroatoms. The van der Waals surface area contributed by atoms with Crippen LogP contribution in [0.25, 0.3) is 0 Å². The zero-order valence-corrected chi connectivity index (χ0v) is 28.7. The van der Waals surface area contributed by atoms with E-state index in [1.165, 1.54) is 67.4 Å². The predicted molar refractivity (Wildman–Crippen MR) is 198 cm³/mol. The lowest BCUT2D eigenvalue weighted by Gasteiger charge is -2.45. The highest BCUT2D eigenvalue weighted by Gasteiger charge is 2.42. The smallest absolute Gasteiger partial charge is 0.0862 e. The van der Waals surface area contributed by atoms with E-state index in [4.69, 9.17) is 5.73 Å². The average Bonchev–Trinajstić information content (AvgIpc) is 3.17. The second-order valence-electron chi connectivity index (χ2n) is 15.1. The van der Waals surface area contributed by atoms with Gasteiger partial charge in [0.05, 0.1) is 24.2 Å². The van der Waals surface area contributed by atoms with Crippen LogP contribution in [0, 0.1) is 35.5 Å². The molecule has 1 heterocycles. The summed E-state index contributed by atoms with van der Waals surface area (Å²) in [6.07, 6.45) is 36.7. The van der Waals surface area contributed by atoms with Crippen molar-refractivity contribution in [3.05, 3.63) is 130 Å². The molecule has 0 saturated carbocycles. The highest BCUT2D eigenvalue weighted by atomic mass is 15.4. The van der Waals surface area contributed by atoms with Gasteiger partial charge in [-0.2, -0.15) is 0 Å². The fourth-order valence-electron chi connectivity index (χ4n) is 9.91. The van der Waals surface area contributed by atoms with Gasteiger partial charge in [-0.15, -0.1) is 0 Å². The van der Waals surface area contributed by atoms with E-state index in [0.29, 0.717) is 35.5 Å². The van der Waals surface area contributed by atoms with Crippen molar-refractivity contribution in [2.24, 2.45) is 41.2 Å². The highest BCUT2D eigenvalue weighted by molar-refractivity contribution is 5.45. The maximum Gasteiger partial charge on any atom is 0.0862 e. The Bertz CT molecular complexity index is 1590. The second-order valence-corrected chi connectivity index (χ2v) is 15.1. The van der Waals surface area contributed by atoms with Crippen molar-refractivity contribution in [3.8, 4) is 0 Å². The van der Waals surface area contributed by atoms with Crippen LogP contribution in [0.1, 0.15) is 82.9 Å². The summed E-state index contributed by atoms with van der Waals surface area (Å²) in [4.78, 5) is 0. The van der Waals surface area contributed by atoms with E-state index in [9.17, 15) is 0 Å². The Morgan fingerprint density at radius 3 is 2.52 bits per heavy atom. The van der Waals surface area contributed by atoms with E-state index in [0.717, 1.165) is 31.5 Å². The van der Waals surface area contributed by atoms with Gasteiger partial charge in [-0.25, -0.2) is 0 Å². The number of hydrogen-bond acceptors (Lipinski definition) is 5. The highest BCUT2D eigenvalue weighted by Crippen LogP contribution is 2.51. The van der Waals surface area contributed by atoms with Gasteiger partial charge in [-0.1, -0.05) is 91.1 Å². The zero-order valence-electron chi connectivity index (χ0n) is 28.7. The molecule has 5 nitrogen and oxygen atoms in total. The van der Waals surface area contributed by atoms with Gasteiger partial charge in [0.1, 0.15) is 0 Å².